The van der Waals surface area contributed by atoms with Crippen LogP contribution in [-0.4, -0.2) is 37.2 Å². The highest BCUT2D eigenvalue weighted by molar-refractivity contribution is 5.74. The van der Waals surface area contributed by atoms with E-state index in [0.29, 0.717) is 42.8 Å². The molecule has 0 bridgehead atoms. The van der Waals surface area contributed by atoms with Gasteiger partial charge in [0, 0.05) is 25.6 Å². The molecule has 1 aliphatic rings. The van der Waals surface area contributed by atoms with Crippen molar-refractivity contribution in [2.45, 2.75) is 19.9 Å². The van der Waals surface area contributed by atoms with Gasteiger partial charge in [0.25, 0.3) is 0 Å². The van der Waals surface area contributed by atoms with E-state index >= 15 is 0 Å². The number of benzene rings is 1. The van der Waals surface area contributed by atoms with Gasteiger partial charge in [-0.05, 0) is 37.6 Å². The number of nitrogens with one attached hydrogen (secondary N) is 1. The van der Waals surface area contributed by atoms with E-state index in [1.54, 1.807) is 35.2 Å². The Kier molecular flexibility index (Phi) is 5.71. The summed E-state index contributed by atoms with van der Waals surface area (Å²) in [4.78, 5) is 14.0. The van der Waals surface area contributed by atoms with Crippen LogP contribution in [0.2, 0.25) is 0 Å². The molecule has 1 aromatic heterocycles. The number of rotatable bonds is 6. The third-order valence-corrected chi connectivity index (χ3v) is 4.35. The Bertz CT molecular complexity index is 716. The fourth-order valence-corrected chi connectivity index (χ4v) is 2.99. The van der Waals surface area contributed by atoms with E-state index in [4.69, 9.17) is 9.15 Å². The Balaban J connectivity index is 1.51. The van der Waals surface area contributed by atoms with E-state index in [1.165, 1.54) is 6.07 Å². The lowest BCUT2D eigenvalue weighted by Crippen LogP contribution is -2.38. The van der Waals surface area contributed by atoms with Crippen molar-refractivity contribution in [2.75, 3.05) is 26.3 Å². The zero-order chi connectivity index (χ0) is 17.6. The van der Waals surface area contributed by atoms with Gasteiger partial charge in [-0.3, -0.25) is 0 Å². The quantitative estimate of drug-likeness (QED) is 0.868. The van der Waals surface area contributed by atoms with Crippen molar-refractivity contribution >= 4 is 6.03 Å². The van der Waals surface area contributed by atoms with Crippen LogP contribution in [0.15, 0.2) is 40.8 Å². The first-order valence-corrected chi connectivity index (χ1v) is 8.61. The van der Waals surface area contributed by atoms with Crippen molar-refractivity contribution in [1.82, 2.24) is 10.2 Å². The minimum absolute atomic E-state index is 0.108. The highest BCUT2D eigenvalue weighted by Gasteiger charge is 2.26. The van der Waals surface area contributed by atoms with Gasteiger partial charge < -0.3 is 19.4 Å². The first-order valence-electron chi connectivity index (χ1n) is 8.61. The summed E-state index contributed by atoms with van der Waals surface area (Å²) in [7, 11) is 0. The molecule has 0 unspecified atom stereocenters. The molecule has 1 aliphatic heterocycles. The maximum absolute atomic E-state index is 13.8. The SMILES string of the molecule is CCOC[C@H]1CCN(C(=O)NCc2ccc(-c3ccccc3F)o2)C1. The summed E-state index contributed by atoms with van der Waals surface area (Å²) in [5.74, 6) is 1.13. The van der Waals surface area contributed by atoms with Crippen LogP contribution in [0.25, 0.3) is 11.3 Å². The van der Waals surface area contributed by atoms with Gasteiger partial charge >= 0.3 is 6.03 Å². The predicted octanol–water partition coefficient (Wildman–Crippen LogP) is 3.65. The lowest BCUT2D eigenvalue weighted by Gasteiger charge is -2.17. The average Bonchev–Trinajstić information content (AvgIpc) is 3.28. The molecule has 2 aromatic rings. The summed E-state index contributed by atoms with van der Waals surface area (Å²) in [6.07, 6.45) is 0.964. The van der Waals surface area contributed by atoms with Crippen molar-refractivity contribution in [1.29, 1.82) is 0 Å². The minimum Gasteiger partial charge on any atom is -0.459 e. The molecular weight excluding hydrogens is 323 g/mol. The van der Waals surface area contributed by atoms with Crippen LogP contribution >= 0.6 is 0 Å². The fourth-order valence-electron chi connectivity index (χ4n) is 2.99. The standard InChI is InChI=1S/C19H23FN2O3/c1-2-24-13-14-9-10-22(12-14)19(23)21-11-15-7-8-18(25-15)16-5-3-4-6-17(16)20/h3-8,14H,2,9-13H2,1H3,(H,21,23)/t14-/m0/s1. The molecule has 0 aliphatic carbocycles. The van der Waals surface area contributed by atoms with E-state index in [1.807, 2.05) is 6.92 Å². The normalized spacial score (nSPS) is 17.0. The Morgan fingerprint density at radius 1 is 1.36 bits per heavy atom. The number of hydrogen-bond acceptors (Lipinski definition) is 3. The van der Waals surface area contributed by atoms with Gasteiger partial charge in [-0.2, -0.15) is 0 Å². The zero-order valence-corrected chi connectivity index (χ0v) is 14.3. The number of hydrogen-bond donors (Lipinski definition) is 1. The largest absolute Gasteiger partial charge is 0.459 e. The van der Waals surface area contributed by atoms with Crippen molar-refractivity contribution in [2.24, 2.45) is 5.92 Å². The molecule has 1 saturated heterocycles. The number of carbonyl (C=O) groups is 1. The van der Waals surface area contributed by atoms with Crippen molar-refractivity contribution in [3.05, 3.63) is 48.0 Å². The Morgan fingerprint density at radius 2 is 2.20 bits per heavy atom. The summed E-state index contributed by atoms with van der Waals surface area (Å²) < 4.78 is 24.9. The molecule has 0 saturated carbocycles. The number of carbonyl (C=O) groups excluding carboxylic acids is 1. The van der Waals surface area contributed by atoms with E-state index in [2.05, 4.69) is 5.32 Å². The number of amides is 2. The van der Waals surface area contributed by atoms with Gasteiger partial charge in [0.1, 0.15) is 17.3 Å². The van der Waals surface area contributed by atoms with E-state index in [-0.39, 0.29) is 18.4 Å². The third kappa shape index (κ3) is 4.39. The molecule has 0 spiro atoms. The summed E-state index contributed by atoms with van der Waals surface area (Å²) in [5.41, 5.74) is 0.415. The molecule has 1 aromatic carbocycles. The van der Waals surface area contributed by atoms with Crippen LogP contribution in [0.4, 0.5) is 9.18 Å². The second-order valence-electron chi connectivity index (χ2n) is 6.16. The van der Waals surface area contributed by atoms with Crippen LogP contribution in [-0.2, 0) is 11.3 Å². The Hall–Kier alpha value is -2.34. The number of ether oxygens (including phenoxy) is 1. The first kappa shape index (κ1) is 17.5. The molecule has 1 N–H and O–H groups in total. The fraction of sp³-hybridized carbons (Fsp3) is 0.421. The van der Waals surface area contributed by atoms with Crippen molar-refractivity contribution in [3.8, 4) is 11.3 Å². The molecule has 2 amide bonds. The molecule has 6 heteroatoms. The second-order valence-corrected chi connectivity index (χ2v) is 6.16. The highest BCUT2D eigenvalue weighted by Crippen LogP contribution is 2.24. The molecule has 2 heterocycles. The van der Waals surface area contributed by atoms with Gasteiger partial charge in [-0.1, -0.05) is 12.1 Å². The Morgan fingerprint density at radius 3 is 3.00 bits per heavy atom. The van der Waals surface area contributed by atoms with Gasteiger partial charge in [0.15, 0.2) is 0 Å². The van der Waals surface area contributed by atoms with Crippen molar-refractivity contribution < 1.29 is 18.3 Å². The monoisotopic (exact) mass is 346 g/mol. The van der Waals surface area contributed by atoms with E-state index < -0.39 is 0 Å². The minimum atomic E-state index is -0.329. The average molecular weight is 346 g/mol. The molecule has 134 valence electrons. The highest BCUT2D eigenvalue weighted by atomic mass is 19.1. The molecular formula is C19H23FN2O3. The topological polar surface area (TPSA) is 54.7 Å². The summed E-state index contributed by atoms with van der Waals surface area (Å²) >= 11 is 0. The summed E-state index contributed by atoms with van der Waals surface area (Å²) in [6.45, 7) is 5.10. The molecule has 5 nitrogen and oxygen atoms in total. The maximum Gasteiger partial charge on any atom is 0.317 e. The molecule has 1 atom stereocenters. The number of nitrogens with zero attached hydrogens (tertiary/aromatic N) is 1. The lowest BCUT2D eigenvalue weighted by atomic mass is 10.1. The third-order valence-electron chi connectivity index (χ3n) is 4.35. The number of halogens is 1. The van der Waals surface area contributed by atoms with Crippen LogP contribution in [0, 0.1) is 11.7 Å². The summed E-state index contributed by atoms with van der Waals surface area (Å²) in [5, 5.41) is 2.86. The molecule has 1 fully saturated rings. The van der Waals surface area contributed by atoms with Gasteiger partial charge in [0.2, 0.25) is 0 Å². The van der Waals surface area contributed by atoms with Crippen LogP contribution in [0.1, 0.15) is 19.1 Å². The zero-order valence-electron chi connectivity index (χ0n) is 14.3. The number of furan rings is 1. The van der Waals surface area contributed by atoms with Gasteiger partial charge in [-0.25, -0.2) is 9.18 Å². The molecule has 3 rings (SSSR count). The van der Waals surface area contributed by atoms with Crippen molar-refractivity contribution in [3.63, 3.8) is 0 Å². The van der Waals surface area contributed by atoms with Gasteiger partial charge in [0.05, 0.1) is 18.7 Å². The number of likely N-dealkylation sites (tertiary alicyclic amines) is 1. The lowest BCUT2D eigenvalue weighted by molar-refractivity contribution is 0.113. The summed E-state index contributed by atoms with van der Waals surface area (Å²) in [6, 6.07) is 9.82. The van der Waals surface area contributed by atoms with E-state index in [0.717, 1.165) is 13.0 Å². The smallest absolute Gasteiger partial charge is 0.317 e. The van der Waals surface area contributed by atoms with Gasteiger partial charge in [-0.15, -0.1) is 0 Å². The molecule has 25 heavy (non-hydrogen) atoms. The molecule has 0 radical (unpaired) electrons. The maximum atomic E-state index is 13.8. The van der Waals surface area contributed by atoms with Crippen LogP contribution in [0.3, 0.4) is 0 Å². The second kappa shape index (κ2) is 8.16. The first-order chi connectivity index (χ1) is 12.2. The van der Waals surface area contributed by atoms with E-state index in [9.17, 15) is 9.18 Å². The van der Waals surface area contributed by atoms with Crippen LogP contribution in [0.5, 0.6) is 0 Å². The predicted molar refractivity (Wildman–Crippen MR) is 92.5 cm³/mol. The Labute approximate surface area is 146 Å². The number of urea groups is 1. The van der Waals surface area contributed by atoms with Crippen LogP contribution < -0.4 is 5.32 Å².